The van der Waals surface area contributed by atoms with Gasteiger partial charge in [0.15, 0.2) is 5.82 Å². The van der Waals surface area contributed by atoms with E-state index in [9.17, 15) is 0 Å². The lowest BCUT2D eigenvalue weighted by Gasteiger charge is -2.05. The average molecular weight is 202 g/mol. The SMILES string of the molecule is C[C@@H](CCc1ccccc1)c1nn[nH]n1. The third-order valence-corrected chi connectivity index (χ3v) is 2.51. The zero-order chi connectivity index (χ0) is 10.5. The number of benzene rings is 1. The number of hydrogen-bond donors (Lipinski definition) is 1. The topological polar surface area (TPSA) is 54.5 Å². The van der Waals surface area contributed by atoms with Gasteiger partial charge < -0.3 is 0 Å². The Balaban J connectivity index is 1.89. The van der Waals surface area contributed by atoms with Crippen LogP contribution in [0.3, 0.4) is 0 Å². The molecule has 0 spiro atoms. The monoisotopic (exact) mass is 202 g/mol. The van der Waals surface area contributed by atoms with Gasteiger partial charge in [0.1, 0.15) is 0 Å². The second-order valence-corrected chi connectivity index (χ2v) is 3.70. The van der Waals surface area contributed by atoms with Gasteiger partial charge in [0, 0.05) is 5.92 Å². The first kappa shape index (κ1) is 9.83. The van der Waals surface area contributed by atoms with E-state index in [1.807, 2.05) is 6.07 Å². The van der Waals surface area contributed by atoms with E-state index in [1.54, 1.807) is 0 Å². The van der Waals surface area contributed by atoms with E-state index in [0.717, 1.165) is 18.7 Å². The molecule has 0 radical (unpaired) electrons. The Hall–Kier alpha value is -1.71. The van der Waals surface area contributed by atoms with Crippen molar-refractivity contribution in [1.29, 1.82) is 0 Å². The molecule has 0 fully saturated rings. The second-order valence-electron chi connectivity index (χ2n) is 3.70. The molecule has 2 rings (SSSR count). The van der Waals surface area contributed by atoms with Gasteiger partial charge in [-0.1, -0.05) is 42.5 Å². The van der Waals surface area contributed by atoms with Crippen molar-refractivity contribution in [3.8, 4) is 0 Å². The van der Waals surface area contributed by atoms with Gasteiger partial charge >= 0.3 is 0 Å². The largest absolute Gasteiger partial charge is 0.177 e. The zero-order valence-electron chi connectivity index (χ0n) is 8.72. The van der Waals surface area contributed by atoms with Crippen LogP contribution in [0.2, 0.25) is 0 Å². The minimum Gasteiger partial charge on any atom is -0.177 e. The van der Waals surface area contributed by atoms with E-state index in [1.165, 1.54) is 5.56 Å². The first-order valence-corrected chi connectivity index (χ1v) is 5.13. The Labute approximate surface area is 88.7 Å². The zero-order valence-corrected chi connectivity index (χ0v) is 8.72. The minimum atomic E-state index is 0.351. The van der Waals surface area contributed by atoms with Crippen LogP contribution in [0.5, 0.6) is 0 Å². The predicted octanol–water partition coefficient (Wildman–Crippen LogP) is 1.94. The summed E-state index contributed by atoms with van der Waals surface area (Å²) in [5.74, 6) is 1.15. The molecular weight excluding hydrogens is 188 g/mol. The molecule has 0 amide bonds. The van der Waals surface area contributed by atoms with Crippen molar-refractivity contribution in [2.45, 2.75) is 25.7 Å². The number of aromatic amines is 1. The molecule has 0 unspecified atom stereocenters. The number of nitrogens with zero attached hydrogens (tertiary/aromatic N) is 3. The van der Waals surface area contributed by atoms with Crippen LogP contribution in [0.15, 0.2) is 30.3 Å². The van der Waals surface area contributed by atoms with E-state index in [4.69, 9.17) is 0 Å². The number of tetrazole rings is 1. The fourth-order valence-corrected chi connectivity index (χ4v) is 1.54. The highest BCUT2D eigenvalue weighted by molar-refractivity contribution is 5.15. The van der Waals surface area contributed by atoms with Crippen molar-refractivity contribution in [2.24, 2.45) is 0 Å². The van der Waals surface area contributed by atoms with Gasteiger partial charge in [-0.15, -0.1) is 10.2 Å². The maximum Gasteiger partial charge on any atom is 0.177 e. The number of nitrogens with one attached hydrogen (secondary N) is 1. The summed E-state index contributed by atoms with van der Waals surface area (Å²) in [7, 11) is 0. The smallest absolute Gasteiger partial charge is 0.177 e. The van der Waals surface area contributed by atoms with Gasteiger partial charge in [-0.3, -0.25) is 0 Å². The summed E-state index contributed by atoms with van der Waals surface area (Å²) in [4.78, 5) is 0. The number of rotatable bonds is 4. The van der Waals surface area contributed by atoms with E-state index >= 15 is 0 Å². The Morgan fingerprint density at radius 1 is 1.27 bits per heavy atom. The van der Waals surface area contributed by atoms with Gasteiger partial charge in [0.2, 0.25) is 0 Å². The first-order chi connectivity index (χ1) is 7.36. The third-order valence-electron chi connectivity index (χ3n) is 2.51. The molecule has 1 aromatic carbocycles. The number of aromatic nitrogens is 4. The van der Waals surface area contributed by atoms with Crippen LogP contribution < -0.4 is 0 Å². The van der Waals surface area contributed by atoms with Gasteiger partial charge in [-0.25, -0.2) is 0 Å². The fourth-order valence-electron chi connectivity index (χ4n) is 1.54. The number of hydrogen-bond acceptors (Lipinski definition) is 3. The van der Waals surface area contributed by atoms with Crippen molar-refractivity contribution < 1.29 is 0 Å². The van der Waals surface area contributed by atoms with Gasteiger partial charge in [0.05, 0.1) is 0 Å². The quantitative estimate of drug-likeness (QED) is 0.824. The highest BCUT2D eigenvalue weighted by Crippen LogP contribution is 2.16. The third kappa shape index (κ3) is 2.62. The lowest BCUT2D eigenvalue weighted by Crippen LogP contribution is -1.98. The Bertz CT molecular complexity index is 382. The van der Waals surface area contributed by atoms with Crippen LogP contribution in [0.4, 0.5) is 0 Å². The van der Waals surface area contributed by atoms with Crippen molar-refractivity contribution in [3.05, 3.63) is 41.7 Å². The summed E-state index contributed by atoms with van der Waals surface area (Å²) in [6.45, 7) is 2.12. The molecule has 0 aliphatic rings. The van der Waals surface area contributed by atoms with E-state index < -0.39 is 0 Å². The molecule has 0 aliphatic carbocycles. The molecule has 0 saturated heterocycles. The molecule has 0 saturated carbocycles. The lowest BCUT2D eigenvalue weighted by atomic mass is 10.0. The molecule has 15 heavy (non-hydrogen) atoms. The molecule has 1 atom stereocenters. The summed E-state index contributed by atoms with van der Waals surface area (Å²) >= 11 is 0. The van der Waals surface area contributed by atoms with E-state index in [2.05, 4.69) is 51.8 Å². The molecular formula is C11H14N4. The molecule has 0 bridgehead atoms. The molecule has 4 nitrogen and oxygen atoms in total. The summed E-state index contributed by atoms with van der Waals surface area (Å²) in [6, 6.07) is 10.4. The summed E-state index contributed by atoms with van der Waals surface area (Å²) in [5.41, 5.74) is 1.35. The highest BCUT2D eigenvalue weighted by Gasteiger charge is 2.09. The van der Waals surface area contributed by atoms with Crippen molar-refractivity contribution in [1.82, 2.24) is 20.6 Å². The predicted molar refractivity (Wildman–Crippen MR) is 57.4 cm³/mol. The number of H-pyrrole nitrogens is 1. The molecule has 1 aromatic heterocycles. The molecule has 0 aliphatic heterocycles. The van der Waals surface area contributed by atoms with Crippen LogP contribution in [0.25, 0.3) is 0 Å². The molecule has 1 N–H and O–H groups in total. The Morgan fingerprint density at radius 2 is 2.07 bits per heavy atom. The highest BCUT2D eigenvalue weighted by atomic mass is 15.5. The lowest BCUT2D eigenvalue weighted by molar-refractivity contribution is 0.639. The molecule has 78 valence electrons. The van der Waals surface area contributed by atoms with Gasteiger partial charge in [0.25, 0.3) is 0 Å². The molecule has 1 heterocycles. The van der Waals surface area contributed by atoms with Crippen LogP contribution in [-0.4, -0.2) is 20.6 Å². The van der Waals surface area contributed by atoms with Crippen LogP contribution in [0.1, 0.15) is 30.7 Å². The standard InChI is InChI=1S/C11H14N4/c1-9(11-12-14-15-13-11)7-8-10-5-3-2-4-6-10/h2-6,9H,7-8H2,1H3,(H,12,13,14,15)/t9-/m0/s1. The fraction of sp³-hybridized carbons (Fsp3) is 0.364. The normalized spacial score (nSPS) is 12.6. The van der Waals surface area contributed by atoms with Crippen molar-refractivity contribution in [3.63, 3.8) is 0 Å². The van der Waals surface area contributed by atoms with E-state index in [-0.39, 0.29) is 0 Å². The summed E-state index contributed by atoms with van der Waals surface area (Å²) in [6.07, 6.45) is 2.10. The summed E-state index contributed by atoms with van der Waals surface area (Å²) in [5, 5.41) is 14.0. The minimum absolute atomic E-state index is 0.351. The van der Waals surface area contributed by atoms with Crippen LogP contribution in [0, 0.1) is 0 Å². The van der Waals surface area contributed by atoms with Crippen molar-refractivity contribution >= 4 is 0 Å². The van der Waals surface area contributed by atoms with Gasteiger partial charge in [-0.2, -0.15) is 5.21 Å². The molecule has 2 aromatic rings. The first-order valence-electron chi connectivity index (χ1n) is 5.13. The second kappa shape index (κ2) is 4.68. The Morgan fingerprint density at radius 3 is 2.73 bits per heavy atom. The maximum atomic E-state index is 3.98. The Kier molecular flexibility index (Phi) is 3.07. The van der Waals surface area contributed by atoms with E-state index in [0.29, 0.717) is 5.92 Å². The van der Waals surface area contributed by atoms with Crippen LogP contribution >= 0.6 is 0 Å². The van der Waals surface area contributed by atoms with Crippen molar-refractivity contribution in [2.75, 3.05) is 0 Å². The molecule has 4 heteroatoms. The van der Waals surface area contributed by atoms with Gasteiger partial charge in [-0.05, 0) is 18.4 Å². The maximum absolute atomic E-state index is 3.98. The number of aryl methyl sites for hydroxylation is 1. The average Bonchev–Trinajstić information content (AvgIpc) is 2.81. The van der Waals surface area contributed by atoms with Crippen LogP contribution in [-0.2, 0) is 6.42 Å². The summed E-state index contributed by atoms with van der Waals surface area (Å²) < 4.78 is 0.